The van der Waals surface area contributed by atoms with Gasteiger partial charge < -0.3 is 15.5 Å². The van der Waals surface area contributed by atoms with Crippen molar-refractivity contribution in [3.63, 3.8) is 0 Å². The SMILES string of the molecule is NC1(C(=O)OC(=O)Cc2c[nH]c3ccccc23)CC1. The topological polar surface area (TPSA) is 85.2 Å². The molecule has 1 aromatic carbocycles. The standard InChI is InChI=1S/C14H14N2O3/c15-14(5-6-14)13(18)19-12(17)7-9-8-16-11-4-2-1-3-10(9)11/h1-4,8,16H,5-7,15H2. The third-order valence-electron chi connectivity index (χ3n) is 3.41. The van der Waals surface area contributed by atoms with Gasteiger partial charge in [-0.25, -0.2) is 4.79 Å². The molecule has 0 radical (unpaired) electrons. The molecule has 0 atom stereocenters. The largest absolute Gasteiger partial charge is 0.392 e. The summed E-state index contributed by atoms with van der Waals surface area (Å²) in [7, 11) is 0. The summed E-state index contributed by atoms with van der Waals surface area (Å²) in [5.74, 6) is -1.18. The first-order valence-electron chi connectivity index (χ1n) is 6.17. The van der Waals surface area contributed by atoms with E-state index in [0.717, 1.165) is 16.5 Å². The lowest BCUT2D eigenvalue weighted by Crippen LogP contribution is -2.36. The van der Waals surface area contributed by atoms with Crippen molar-refractivity contribution in [3.8, 4) is 0 Å². The molecule has 1 aliphatic rings. The molecule has 0 spiro atoms. The zero-order valence-electron chi connectivity index (χ0n) is 10.3. The van der Waals surface area contributed by atoms with E-state index in [1.807, 2.05) is 24.3 Å². The minimum Gasteiger partial charge on any atom is -0.392 e. The Bertz CT molecular complexity index is 656. The molecule has 1 aromatic heterocycles. The Morgan fingerprint density at radius 3 is 2.79 bits per heavy atom. The molecule has 1 saturated carbocycles. The summed E-state index contributed by atoms with van der Waals surface area (Å²) in [4.78, 5) is 26.4. The number of carbonyl (C=O) groups is 2. The average Bonchev–Trinajstić information content (AvgIpc) is 3.02. The molecule has 0 aliphatic heterocycles. The highest BCUT2D eigenvalue weighted by molar-refractivity contribution is 5.95. The summed E-state index contributed by atoms with van der Waals surface area (Å²) in [6.07, 6.45) is 3.00. The van der Waals surface area contributed by atoms with Gasteiger partial charge in [0.2, 0.25) is 0 Å². The predicted octanol–water partition coefficient (Wildman–Crippen LogP) is 1.27. The third kappa shape index (κ3) is 2.24. The van der Waals surface area contributed by atoms with Gasteiger partial charge in [0.15, 0.2) is 0 Å². The number of nitrogens with two attached hydrogens (primary N) is 1. The molecular weight excluding hydrogens is 244 g/mol. The van der Waals surface area contributed by atoms with E-state index >= 15 is 0 Å². The van der Waals surface area contributed by atoms with Crippen LogP contribution in [0.5, 0.6) is 0 Å². The second kappa shape index (κ2) is 4.20. The molecular formula is C14H14N2O3. The lowest BCUT2D eigenvalue weighted by Gasteiger charge is -2.07. The molecule has 5 nitrogen and oxygen atoms in total. The predicted molar refractivity (Wildman–Crippen MR) is 69.3 cm³/mol. The first-order valence-corrected chi connectivity index (χ1v) is 6.17. The number of rotatable bonds is 3. The van der Waals surface area contributed by atoms with Crippen molar-refractivity contribution < 1.29 is 14.3 Å². The molecule has 3 rings (SSSR count). The van der Waals surface area contributed by atoms with Crippen molar-refractivity contribution in [3.05, 3.63) is 36.0 Å². The molecule has 0 bridgehead atoms. The Morgan fingerprint density at radius 1 is 1.32 bits per heavy atom. The number of aromatic amines is 1. The maximum atomic E-state index is 11.7. The van der Waals surface area contributed by atoms with E-state index in [-0.39, 0.29) is 6.42 Å². The van der Waals surface area contributed by atoms with E-state index < -0.39 is 17.5 Å². The van der Waals surface area contributed by atoms with Crippen molar-refractivity contribution in [2.24, 2.45) is 5.73 Å². The number of para-hydroxylation sites is 1. The van der Waals surface area contributed by atoms with Gasteiger partial charge in [0, 0.05) is 17.1 Å². The minimum absolute atomic E-state index is 0.0613. The number of hydrogen-bond acceptors (Lipinski definition) is 4. The molecule has 0 unspecified atom stereocenters. The normalized spacial score (nSPS) is 16.3. The van der Waals surface area contributed by atoms with Crippen LogP contribution < -0.4 is 5.73 Å². The Hall–Kier alpha value is -2.14. The summed E-state index contributed by atoms with van der Waals surface area (Å²) < 4.78 is 4.78. The molecule has 1 aliphatic carbocycles. The molecule has 98 valence electrons. The highest BCUT2D eigenvalue weighted by Gasteiger charge is 2.48. The Kier molecular flexibility index (Phi) is 2.64. The second-order valence-corrected chi connectivity index (χ2v) is 4.95. The summed E-state index contributed by atoms with van der Waals surface area (Å²) in [5.41, 5.74) is 6.52. The van der Waals surface area contributed by atoms with Gasteiger partial charge in [0.05, 0.1) is 6.42 Å². The molecule has 5 heteroatoms. The van der Waals surface area contributed by atoms with Gasteiger partial charge in [-0.05, 0) is 24.5 Å². The number of ether oxygens (including phenoxy) is 1. The van der Waals surface area contributed by atoms with Gasteiger partial charge in [-0.15, -0.1) is 0 Å². The van der Waals surface area contributed by atoms with E-state index in [2.05, 4.69) is 4.98 Å². The summed E-state index contributed by atoms with van der Waals surface area (Å²) >= 11 is 0. The highest BCUT2D eigenvalue weighted by Crippen LogP contribution is 2.33. The van der Waals surface area contributed by atoms with Crippen molar-refractivity contribution in [1.82, 2.24) is 4.98 Å². The second-order valence-electron chi connectivity index (χ2n) is 4.95. The number of nitrogens with one attached hydrogen (secondary N) is 1. The maximum Gasteiger partial charge on any atom is 0.333 e. The average molecular weight is 258 g/mol. The lowest BCUT2D eigenvalue weighted by molar-refractivity contribution is -0.160. The van der Waals surface area contributed by atoms with E-state index in [1.54, 1.807) is 6.20 Å². The lowest BCUT2D eigenvalue weighted by atomic mass is 10.1. The smallest absolute Gasteiger partial charge is 0.333 e. The number of fused-ring (bicyclic) bond motifs is 1. The van der Waals surface area contributed by atoms with Crippen LogP contribution in [0.3, 0.4) is 0 Å². The Balaban J connectivity index is 1.71. The zero-order valence-corrected chi connectivity index (χ0v) is 10.3. The van der Waals surface area contributed by atoms with Crippen molar-refractivity contribution in [1.29, 1.82) is 0 Å². The summed E-state index contributed by atoms with van der Waals surface area (Å²) in [5, 5.41) is 0.959. The number of aromatic nitrogens is 1. The van der Waals surface area contributed by atoms with E-state index in [1.165, 1.54) is 0 Å². The number of hydrogen-bond donors (Lipinski definition) is 2. The molecule has 3 N–H and O–H groups in total. The summed E-state index contributed by atoms with van der Waals surface area (Å²) in [6, 6.07) is 7.65. The fraction of sp³-hybridized carbons (Fsp3) is 0.286. The van der Waals surface area contributed by atoms with Gasteiger partial charge in [-0.2, -0.15) is 0 Å². The first-order chi connectivity index (χ1) is 9.08. The maximum absolute atomic E-state index is 11.7. The van der Waals surface area contributed by atoms with Gasteiger partial charge in [0.1, 0.15) is 5.54 Å². The van der Waals surface area contributed by atoms with Crippen molar-refractivity contribution in [2.45, 2.75) is 24.8 Å². The van der Waals surface area contributed by atoms with E-state index in [9.17, 15) is 9.59 Å². The van der Waals surface area contributed by atoms with Gasteiger partial charge >= 0.3 is 11.9 Å². The Morgan fingerprint density at radius 2 is 2.05 bits per heavy atom. The van der Waals surface area contributed by atoms with Crippen LogP contribution in [-0.2, 0) is 20.7 Å². The fourth-order valence-electron chi connectivity index (χ4n) is 2.01. The van der Waals surface area contributed by atoms with Crippen LogP contribution in [-0.4, -0.2) is 22.5 Å². The van der Waals surface area contributed by atoms with E-state index in [4.69, 9.17) is 10.5 Å². The van der Waals surface area contributed by atoms with Crippen LogP contribution in [0, 0.1) is 0 Å². The molecule has 1 heterocycles. The first kappa shape index (κ1) is 11.9. The number of benzene rings is 1. The molecule has 0 saturated heterocycles. The number of H-pyrrole nitrogens is 1. The van der Waals surface area contributed by atoms with Crippen LogP contribution in [0.15, 0.2) is 30.5 Å². The van der Waals surface area contributed by atoms with Crippen molar-refractivity contribution in [2.75, 3.05) is 0 Å². The van der Waals surface area contributed by atoms with E-state index in [0.29, 0.717) is 12.8 Å². The van der Waals surface area contributed by atoms with Crippen LogP contribution in [0.1, 0.15) is 18.4 Å². The number of esters is 2. The van der Waals surface area contributed by atoms with Crippen LogP contribution in [0.2, 0.25) is 0 Å². The van der Waals surface area contributed by atoms with Gasteiger partial charge in [-0.1, -0.05) is 18.2 Å². The molecule has 0 amide bonds. The minimum atomic E-state index is -0.921. The molecule has 19 heavy (non-hydrogen) atoms. The van der Waals surface area contributed by atoms with Crippen LogP contribution in [0.25, 0.3) is 10.9 Å². The zero-order chi connectivity index (χ0) is 13.5. The third-order valence-corrected chi connectivity index (χ3v) is 3.41. The highest BCUT2D eigenvalue weighted by atomic mass is 16.6. The Labute approximate surface area is 109 Å². The van der Waals surface area contributed by atoms with Crippen molar-refractivity contribution >= 4 is 22.8 Å². The molecule has 2 aromatic rings. The fourth-order valence-corrected chi connectivity index (χ4v) is 2.01. The number of carbonyl (C=O) groups excluding carboxylic acids is 2. The monoisotopic (exact) mass is 258 g/mol. The van der Waals surface area contributed by atoms with Crippen LogP contribution in [0.4, 0.5) is 0 Å². The van der Waals surface area contributed by atoms with Gasteiger partial charge in [0.25, 0.3) is 0 Å². The quantitative estimate of drug-likeness (QED) is 0.641. The van der Waals surface area contributed by atoms with Gasteiger partial charge in [-0.3, -0.25) is 4.79 Å². The molecule has 1 fully saturated rings. The summed E-state index contributed by atoms with van der Waals surface area (Å²) in [6.45, 7) is 0. The van der Waals surface area contributed by atoms with Crippen LogP contribution >= 0.6 is 0 Å².